The molecule has 3 unspecified atom stereocenters. The van der Waals surface area contributed by atoms with Crippen LogP contribution in [-0.2, 0) is 24.1 Å². The van der Waals surface area contributed by atoms with Crippen LogP contribution in [0.2, 0.25) is 0 Å². The van der Waals surface area contributed by atoms with Gasteiger partial charge in [-0.25, -0.2) is 0 Å². The molecule has 0 radical (unpaired) electrons. The molecule has 0 bridgehead atoms. The van der Waals surface area contributed by atoms with Crippen LogP contribution in [0.4, 0.5) is 0 Å². The summed E-state index contributed by atoms with van der Waals surface area (Å²) in [7, 11) is 0. The molecule has 0 spiro atoms. The van der Waals surface area contributed by atoms with Crippen molar-refractivity contribution in [3.05, 3.63) is 124 Å². The van der Waals surface area contributed by atoms with Crippen LogP contribution in [-0.4, -0.2) is 28.8 Å². The number of benzene rings is 3. The molecule has 0 aromatic heterocycles. The highest BCUT2D eigenvalue weighted by molar-refractivity contribution is 5.89. The second kappa shape index (κ2) is 19.4. The number of hydrogen-bond acceptors (Lipinski definition) is 8. The minimum atomic E-state index is -0.608. The molecule has 1 aliphatic carbocycles. The summed E-state index contributed by atoms with van der Waals surface area (Å²) in [5, 5.41) is 35.6. The summed E-state index contributed by atoms with van der Waals surface area (Å²) in [5.41, 5.74) is 17.9. The van der Waals surface area contributed by atoms with E-state index in [0.717, 1.165) is 46.6 Å². The van der Waals surface area contributed by atoms with Crippen LogP contribution in [0.1, 0.15) is 117 Å². The first-order valence-corrected chi connectivity index (χ1v) is 19.3. The maximum atomic E-state index is 13.8. The number of allylic oxidation sites excluding steroid dienone is 5. The van der Waals surface area contributed by atoms with Gasteiger partial charge in [-0.1, -0.05) is 88.4 Å². The van der Waals surface area contributed by atoms with E-state index in [-0.39, 0.29) is 35.6 Å². The van der Waals surface area contributed by atoms with Gasteiger partial charge in [-0.15, -0.1) is 5.76 Å². The fourth-order valence-electron chi connectivity index (χ4n) is 7.52. The van der Waals surface area contributed by atoms with Crippen LogP contribution < -0.4 is 21.3 Å². The van der Waals surface area contributed by atoms with E-state index in [1.807, 2.05) is 42.5 Å². The minimum absolute atomic E-state index is 0.00266. The third-order valence-electron chi connectivity index (χ3n) is 10.6. The molecule has 8 nitrogen and oxygen atoms in total. The van der Waals surface area contributed by atoms with Crippen LogP contribution in [0, 0.1) is 11.8 Å². The number of fused-ring (bicyclic) bond motifs is 1. The Hall–Kier alpha value is -4.66. The highest BCUT2D eigenvalue weighted by Gasteiger charge is 2.33. The number of ketones is 1. The molecule has 0 saturated heterocycles. The zero-order chi connectivity index (χ0) is 37.7. The molecule has 1 aliphatic heterocycles. The van der Waals surface area contributed by atoms with Gasteiger partial charge in [0.2, 0.25) is 0 Å². The van der Waals surface area contributed by atoms with Gasteiger partial charge in [0, 0.05) is 36.7 Å². The third kappa shape index (κ3) is 10.9. The summed E-state index contributed by atoms with van der Waals surface area (Å²) in [6.07, 6.45) is 19.2. The molecule has 1 heterocycles. The number of carbonyl (C=O) groups is 1. The topological polar surface area (TPSA) is 154 Å². The Bertz CT molecular complexity index is 1810. The number of phenols is 2. The first-order valence-electron chi connectivity index (χ1n) is 19.3. The fourth-order valence-corrected chi connectivity index (χ4v) is 7.52. The molecular weight excluding hydrogens is 663 g/mol. The van der Waals surface area contributed by atoms with Crippen molar-refractivity contribution < 1.29 is 24.9 Å². The van der Waals surface area contributed by atoms with Crippen molar-refractivity contribution in [3.63, 3.8) is 0 Å². The van der Waals surface area contributed by atoms with Gasteiger partial charge in [-0.05, 0) is 108 Å². The third-order valence-corrected chi connectivity index (χ3v) is 10.6. The van der Waals surface area contributed by atoms with Gasteiger partial charge in [0.15, 0.2) is 17.3 Å². The van der Waals surface area contributed by atoms with Gasteiger partial charge in [-0.2, -0.15) is 0 Å². The van der Waals surface area contributed by atoms with Gasteiger partial charge in [0.25, 0.3) is 0 Å². The van der Waals surface area contributed by atoms with Crippen LogP contribution >= 0.6 is 0 Å². The lowest BCUT2D eigenvalue weighted by Crippen LogP contribution is -2.30. The van der Waals surface area contributed by atoms with E-state index in [4.69, 9.17) is 16.2 Å². The second-order valence-corrected chi connectivity index (χ2v) is 14.7. The number of nitrogens with zero attached hydrogens (tertiary/aromatic N) is 1. The lowest BCUT2D eigenvalue weighted by atomic mass is 9.69. The second-order valence-electron chi connectivity index (χ2n) is 14.7. The fraction of sp³-hybridized carbons (Fsp3) is 0.422. The van der Waals surface area contributed by atoms with Crippen molar-refractivity contribution in [2.24, 2.45) is 28.3 Å². The number of unbranched alkanes of at least 4 members (excludes halogenated alkanes) is 3. The van der Waals surface area contributed by atoms with Crippen molar-refractivity contribution in [3.8, 4) is 17.2 Å². The number of rotatable bonds is 19. The number of ether oxygens (including phenoxy) is 1. The molecule has 0 saturated carbocycles. The van der Waals surface area contributed by atoms with Gasteiger partial charge in [0.1, 0.15) is 5.75 Å². The average molecular weight is 719 g/mol. The Morgan fingerprint density at radius 2 is 1.75 bits per heavy atom. The number of hydrogen-bond donors (Lipinski definition) is 4. The Morgan fingerprint density at radius 1 is 0.981 bits per heavy atom. The smallest absolute Gasteiger partial charge is 0.161 e. The standard InChI is InChI=1S/C45H57N3O5/c1-3-4-6-9-30(2)10-7-5-8-11-36(49)17-12-31-14-21-41(51)42(27-31)53-25-23-32-13-20-40(50)39(26-32)43-37-18-16-34(45(46)47)28-33(37)15-19-38(43)44(52)35-22-24-48-29-35/h8,11,13-14,16,18,20-22,24,26-30,38,43,45,50-52H,3-7,9-10,12,15,17,19,23,25,46-47H2,1-2H3/p-1. The zero-order valence-corrected chi connectivity index (χ0v) is 31.3. The largest absolute Gasteiger partial charge is 0.875 e. The monoisotopic (exact) mass is 718 g/mol. The van der Waals surface area contributed by atoms with Crippen LogP contribution in [0.25, 0.3) is 0 Å². The number of aromatic hydroxyl groups is 2. The quantitative estimate of drug-likeness (QED) is 0.0424. The number of carbonyl (C=O) groups excluding carboxylic acids is 1. The van der Waals surface area contributed by atoms with Gasteiger partial charge >= 0.3 is 0 Å². The van der Waals surface area contributed by atoms with E-state index in [0.29, 0.717) is 49.0 Å². The van der Waals surface area contributed by atoms with Crippen LogP contribution in [0.3, 0.4) is 0 Å². The van der Waals surface area contributed by atoms with Crippen LogP contribution in [0.15, 0.2) is 95.3 Å². The predicted molar refractivity (Wildman–Crippen MR) is 211 cm³/mol. The summed E-state index contributed by atoms with van der Waals surface area (Å²) in [4.78, 5) is 16.7. The molecule has 8 heteroatoms. The molecule has 3 atom stereocenters. The summed E-state index contributed by atoms with van der Waals surface area (Å²) in [6.45, 7) is 4.83. The summed E-state index contributed by atoms with van der Waals surface area (Å²) in [5.74, 6) is 0.574. The molecule has 5 rings (SSSR count). The maximum absolute atomic E-state index is 13.8. The summed E-state index contributed by atoms with van der Waals surface area (Å²) < 4.78 is 6.05. The molecule has 0 fully saturated rings. The number of aliphatic imine (C=N–C) groups is 1. The number of nitrogens with two attached hydrogens (primary N) is 2. The van der Waals surface area contributed by atoms with Gasteiger partial charge in [0.05, 0.1) is 12.8 Å². The summed E-state index contributed by atoms with van der Waals surface area (Å²) in [6, 6.07) is 16.6. The van der Waals surface area contributed by atoms with E-state index in [1.54, 1.807) is 42.8 Å². The van der Waals surface area contributed by atoms with Gasteiger partial charge in [-0.3, -0.25) is 9.79 Å². The van der Waals surface area contributed by atoms with Crippen molar-refractivity contribution in [1.82, 2.24) is 0 Å². The molecule has 3 aromatic carbocycles. The highest BCUT2D eigenvalue weighted by Crippen LogP contribution is 2.47. The van der Waals surface area contributed by atoms with E-state index in [1.165, 1.54) is 32.1 Å². The highest BCUT2D eigenvalue weighted by atomic mass is 16.5. The Kier molecular flexibility index (Phi) is 14.5. The number of aryl methyl sites for hydroxylation is 2. The van der Waals surface area contributed by atoms with Crippen molar-refractivity contribution in [2.45, 2.75) is 103 Å². The first-order chi connectivity index (χ1) is 25.6. The number of phenolic OH excluding ortho intramolecular Hbond substituents is 2. The van der Waals surface area contributed by atoms with Crippen molar-refractivity contribution in [1.29, 1.82) is 0 Å². The van der Waals surface area contributed by atoms with E-state index >= 15 is 0 Å². The molecule has 282 valence electrons. The maximum Gasteiger partial charge on any atom is 0.161 e. The van der Waals surface area contributed by atoms with Crippen molar-refractivity contribution in [2.75, 3.05) is 6.61 Å². The molecule has 6 N–H and O–H groups in total. The predicted octanol–water partition coefficient (Wildman–Crippen LogP) is 7.99. The minimum Gasteiger partial charge on any atom is -0.875 e. The molecule has 3 aromatic rings. The van der Waals surface area contributed by atoms with E-state index in [2.05, 4.69) is 18.8 Å². The van der Waals surface area contributed by atoms with E-state index < -0.39 is 12.1 Å². The summed E-state index contributed by atoms with van der Waals surface area (Å²) >= 11 is 0. The lowest BCUT2D eigenvalue weighted by molar-refractivity contribution is -0.317. The molecular formula is C45H56N3O5-. The normalized spacial score (nSPS) is 18.1. The Balaban J connectivity index is 1.21. The van der Waals surface area contributed by atoms with Crippen LogP contribution in [0.5, 0.6) is 17.2 Å². The Labute approximate surface area is 315 Å². The lowest BCUT2D eigenvalue weighted by Gasteiger charge is -2.39. The average Bonchev–Trinajstić information content (AvgIpc) is 3.70. The molecule has 2 aliphatic rings. The van der Waals surface area contributed by atoms with E-state index in [9.17, 15) is 20.1 Å². The van der Waals surface area contributed by atoms with Crippen molar-refractivity contribution >= 4 is 12.0 Å². The molecule has 0 amide bonds. The first kappa shape index (κ1) is 39.5. The van der Waals surface area contributed by atoms with Gasteiger partial charge < -0.3 is 31.5 Å². The Morgan fingerprint density at radius 3 is 2.51 bits per heavy atom. The molecule has 53 heavy (non-hydrogen) atoms. The zero-order valence-electron chi connectivity index (χ0n) is 31.3. The SMILES string of the molecule is CCCCCC(C)CCCC=CC(=O)CCc1ccc(O)c(OCCc2ccc(O)c(C3c4ccc(C(N)N)cc4CCC3C([O-])=C3C=CN=C3)c2)c1.